The average Bonchev–Trinajstić information content (AvgIpc) is 2.55. The molecule has 0 unspecified atom stereocenters. The van der Waals surface area contributed by atoms with Crippen molar-refractivity contribution in [2.75, 3.05) is 13.3 Å². The number of benzene rings is 1. The summed E-state index contributed by atoms with van der Waals surface area (Å²) < 4.78 is 17.6. The fraction of sp³-hybridized carbons (Fsp3) is 0.312. The van der Waals surface area contributed by atoms with Crippen molar-refractivity contribution >= 4 is 5.69 Å². The third-order valence-corrected chi connectivity index (χ3v) is 2.84. The Morgan fingerprint density at radius 1 is 1.27 bits per heavy atom. The van der Waals surface area contributed by atoms with Gasteiger partial charge in [-0.05, 0) is 24.6 Å². The minimum atomic E-state index is -0.659. The molecule has 0 spiro atoms. The molecular weight excluding hydrogens is 287 g/mol. The molecule has 1 aromatic carbocycles. The van der Waals surface area contributed by atoms with Gasteiger partial charge >= 0.3 is 0 Å². The van der Waals surface area contributed by atoms with Crippen LogP contribution in [0.2, 0.25) is 0 Å². The summed E-state index contributed by atoms with van der Waals surface area (Å²) >= 11 is 0. The highest BCUT2D eigenvalue weighted by Gasteiger charge is 2.14. The van der Waals surface area contributed by atoms with E-state index in [0.717, 1.165) is 11.1 Å². The average molecular weight is 306 g/mol. The molecule has 2 rings (SSSR count). The molecule has 0 N–H and O–H groups in total. The van der Waals surface area contributed by atoms with Gasteiger partial charge in [-0.1, -0.05) is 13.8 Å². The normalized spacial score (nSPS) is 9.64. The molecule has 0 amide bonds. The van der Waals surface area contributed by atoms with E-state index >= 15 is 0 Å². The summed E-state index contributed by atoms with van der Waals surface area (Å²) in [6.45, 7) is 5.10. The Morgan fingerprint density at radius 3 is 2.59 bits per heavy atom. The Balaban J connectivity index is 0.00000116. The van der Waals surface area contributed by atoms with Crippen molar-refractivity contribution in [3.63, 3.8) is 0 Å². The Hall–Kier alpha value is -2.50. The van der Waals surface area contributed by atoms with Crippen LogP contribution in [0.15, 0.2) is 36.7 Å². The standard InChI is InChI=1S/C14H13FN2O3.C2H6/c1-10-4-6-16-9-13(10)12-3-2-11(17(18)19)8-14(12)20-7-5-15;1-2/h2-4,6,8-9H,5,7H2,1H3;1-2H3. The summed E-state index contributed by atoms with van der Waals surface area (Å²) in [6, 6.07) is 6.12. The maximum Gasteiger partial charge on any atom is 0.273 e. The first-order chi connectivity index (χ1) is 10.6. The fourth-order valence-corrected chi connectivity index (χ4v) is 1.86. The van der Waals surface area contributed by atoms with E-state index < -0.39 is 11.6 Å². The molecule has 22 heavy (non-hydrogen) atoms. The SMILES string of the molecule is CC.Cc1ccncc1-c1ccc([N+](=O)[O-])cc1OCCF. The molecule has 0 bridgehead atoms. The molecular formula is C16H19FN2O3. The Kier molecular flexibility index (Phi) is 6.95. The number of aryl methyl sites for hydroxylation is 1. The van der Waals surface area contributed by atoms with Crippen molar-refractivity contribution in [2.24, 2.45) is 0 Å². The number of nitro benzene ring substituents is 1. The van der Waals surface area contributed by atoms with Gasteiger partial charge in [-0.15, -0.1) is 0 Å². The lowest BCUT2D eigenvalue weighted by Crippen LogP contribution is -2.01. The zero-order valence-electron chi connectivity index (χ0n) is 12.9. The maximum atomic E-state index is 12.3. The molecule has 1 heterocycles. The molecule has 0 aliphatic rings. The molecule has 5 nitrogen and oxygen atoms in total. The summed E-state index contributed by atoms with van der Waals surface area (Å²) in [6.07, 6.45) is 3.31. The van der Waals surface area contributed by atoms with Gasteiger partial charge in [0.25, 0.3) is 5.69 Å². The lowest BCUT2D eigenvalue weighted by Gasteiger charge is -2.12. The van der Waals surface area contributed by atoms with E-state index in [-0.39, 0.29) is 18.0 Å². The van der Waals surface area contributed by atoms with E-state index in [1.807, 2.05) is 26.8 Å². The number of halogens is 1. The first-order valence-corrected chi connectivity index (χ1v) is 7.01. The fourth-order valence-electron chi connectivity index (χ4n) is 1.86. The summed E-state index contributed by atoms with van der Waals surface area (Å²) in [5.74, 6) is 0.285. The second-order valence-electron chi connectivity index (χ2n) is 4.17. The molecule has 6 heteroatoms. The second-order valence-corrected chi connectivity index (χ2v) is 4.17. The summed E-state index contributed by atoms with van der Waals surface area (Å²) in [7, 11) is 0. The number of aromatic nitrogens is 1. The van der Waals surface area contributed by atoms with Crippen LogP contribution in [0, 0.1) is 17.0 Å². The zero-order chi connectivity index (χ0) is 16.5. The topological polar surface area (TPSA) is 65.3 Å². The Bertz CT molecular complexity index is 633. The molecule has 118 valence electrons. The summed E-state index contributed by atoms with van der Waals surface area (Å²) in [5, 5.41) is 10.8. The lowest BCUT2D eigenvalue weighted by atomic mass is 10.0. The van der Waals surface area contributed by atoms with Crippen LogP contribution < -0.4 is 4.74 Å². The largest absolute Gasteiger partial charge is 0.490 e. The van der Waals surface area contributed by atoms with Crippen molar-refractivity contribution in [2.45, 2.75) is 20.8 Å². The number of rotatable bonds is 5. The van der Waals surface area contributed by atoms with E-state index in [1.165, 1.54) is 12.1 Å². The lowest BCUT2D eigenvalue weighted by molar-refractivity contribution is -0.384. The van der Waals surface area contributed by atoms with Gasteiger partial charge in [0.05, 0.1) is 11.0 Å². The van der Waals surface area contributed by atoms with Crippen molar-refractivity contribution < 1.29 is 14.1 Å². The maximum absolute atomic E-state index is 12.3. The van der Waals surface area contributed by atoms with Gasteiger partial charge in [0, 0.05) is 29.6 Å². The predicted octanol–water partition coefficient (Wildman–Crippen LogP) is 4.34. The molecule has 0 radical (unpaired) electrons. The molecule has 0 aliphatic carbocycles. The molecule has 2 aromatic rings. The van der Waals surface area contributed by atoms with Gasteiger partial charge in [-0.3, -0.25) is 15.1 Å². The van der Waals surface area contributed by atoms with Gasteiger partial charge in [0.2, 0.25) is 0 Å². The monoisotopic (exact) mass is 306 g/mol. The predicted molar refractivity (Wildman–Crippen MR) is 83.9 cm³/mol. The molecule has 0 atom stereocenters. The number of nitro groups is 1. The number of pyridine rings is 1. The molecule has 1 aromatic heterocycles. The van der Waals surface area contributed by atoms with Gasteiger partial charge in [0.15, 0.2) is 0 Å². The number of hydrogen-bond donors (Lipinski definition) is 0. The first kappa shape index (κ1) is 17.6. The number of nitrogens with zero attached hydrogens (tertiary/aromatic N) is 2. The highest BCUT2D eigenvalue weighted by molar-refractivity contribution is 5.74. The van der Waals surface area contributed by atoms with Crippen LogP contribution in [-0.2, 0) is 0 Å². The number of alkyl halides is 1. The van der Waals surface area contributed by atoms with Gasteiger partial charge in [-0.2, -0.15) is 0 Å². The smallest absolute Gasteiger partial charge is 0.273 e. The van der Waals surface area contributed by atoms with Crippen LogP contribution in [0.1, 0.15) is 19.4 Å². The van der Waals surface area contributed by atoms with Gasteiger partial charge < -0.3 is 4.74 Å². The Morgan fingerprint density at radius 2 is 2.00 bits per heavy atom. The highest BCUT2D eigenvalue weighted by Crippen LogP contribution is 2.34. The first-order valence-electron chi connectivity index (χ1n) is 7.01. The number of hydrogen-bond acceptors (Lipinski definition) is 4. The van der Waals surface area contributed by atoms with Gasteiger partial charge in [-0.25, -0.2) is 4.39 Å². The van der Waals surface area contributed by atoms with Crippen molar-refractivity contribution in [3.05, 3.63) is 52.3 Å². The van der Waals surface area contributed by atoms with Crippen LogP contribution in [0.3, 0.4) is 0 Å². The van der Waals surface area contributed by atoms with Crippen molar-refractivity contribution in [1.29, 1.82) is 0 Å². The van der Waals surface area contributed by atoms with E-state index in [2.05, 4.69) is 4.98 Å². The van der Waals surface area contributed by atoms with E-state index in [4.69, 9.17) is 4.74 Å². The summed E-state index contributed by atoms with van der Waals surface area (Å²) in [5.41, 5.74) is 2.33. The quantitative estimate of drug-likeness (QED) is 0.609. The van der Waals surface area contributed by atoms with E-state index in [1.54, 1.807) is 18.5 Å². The minimum absolute atomic E-state index is 0.0934. The van der Waals surface area contributed by atoms with Crippen LogP contribution in [-0.4, -0.2) is 23.2 Å². The highest BCUT2D eigenvalue weighted by atomic mass is 19.1. The minimum Gasteiger partial charge on any atom is -0.490 e. The molecule has 0 fully saturated rings. The van der Waals surface area contributed by atoms with E-state index in [9.17, 15) is 14.5 Å². The number of non-ortho nitro benzene ring substituents is 1. The van der Waals surface area contributed by atoms with Crippen molar-refractivity contribution in [3.8, 4) is 16.9 Å². The van der Waals surface area contributed by atoms with Crippen LogP contribution in [0.25, 0.3) is 11.1 Å². The third kappa shape index (κ3) is 4.25. The van der Waals surface area contributed by atoms with Gasteiger partial charge in [0.1, 0.15) is 19.0 Å². The van der Waals surface area contributed by atoms with E-state index in [0.29, 0.717) is 5.56 Å². The van der Waals surface area contributed by atoms with Crippen LogP contribution >= 0.6 is 0 Å². The summed E-state index contributed by atoms with van der Waals surface area (Å²) in [4.78, 5) is 14.3. The third-order valence-electron chi connectivity index (χ3n) is 2.84. The van der Waals surface area contributed by atoms with Crippen LogP contribution in [0.4, 0.5) is 10.1 Å². The number of ether oxygens (including phenoxy) is 1. The molecule has 0 aliphatic heterocycles. The second kappa shape index (κ2) is 8.71. The van der Waals surface area contributed by atoms with Crippen LogP contribution in [0.5, 0.6) is 5.75 Å². The zero-order valence-corrected chi connectivity index (χ0v) is 12.9. The molecule has 0 saturated heterocycles. The molecule has 0 saturated carbocycles. The Labute approximate surface area is 128 Å². The van der Waals surface area contributed by atoms with Crippen molar-refractivity contribution in [1.82, 2.24) is 4.98 Å².